The Morgan fingerprint density at radius 1 is 1.40 bits per heavy atom. The molecule has 1 heteroatoms. The monoisotopic (exact) mass is 156 g/mol. The predicted molar refractivity (Wildman–Crippen MR) is 51.3 cm³/mol. The number of hydrogen-bond donors (Lipinski definition) is 0. The molecule has 0 aliphatic heterocycles. The molecule has 58 valence electrons. The molecule has 0 aromatic carbocycles. The van der Waals surface area contributed by atoms with E-state index in [1.807, 2.05) is 11.8 Å². The predicted octanol–water partition coefficient (Wildman–Crippen LogP) is 3.61. The van der Waals surface area contributed by atoms with Gasteiger partial charge in [0.2, 0.25) is 0 Å². The quantitative estimate of drug-likeness (QED) is 0.442. The second-order valence-corrected chi connectivity index (χ2v) is 3.33. The summed E-state index contributed by atoms with van der Waals surface area (Å²) in [6, 6.07) is 0. The summed E-state index contributed by atoms with van der Waals surface area (Å²) in [5.41, 5.74) is 1.40. The Labute approximate surface area is 68.4 Å². The second kappa shape index (κ2) is 6.94. The van der Waals surface area contributed by atoms with Crippen molar-refractivity contribution in [3.63, 3.8) is 0 Å². The molecule has 0 amide bonds. The van der Waals surface area contributed by atoms with Crippen molar-refractivity contribution in [2.24, 2.45) is 0 Å². The lowest BCUT2D eigenvalue weighted by Crippen LogP contribution is -1.68. The van der Waals surface area contributed by atoms with Gasteiger partial charge in [-0.1, -0.05) is 24.6 Å². The van der Waals surface area contributed by atoms with E-state index in [-0.39, 0.29) is 0 Å². The smallest absolute Gasteiger partial charge is 0.0157 e. The van der Waals surface area contributed by atoms with Crippen molar-refractivity contribution in [1.29, 1.82) is 0 Å². The van der Waals surface area contributed by atoms with Gasteiger partial charge in [-0.25, -0.2) is 0 Å². The highest BCUT2D eigenvalue weighted by Gasteiger charge is 1.77. The first-order valence-corrected chi connectivity index (χ1v) is 4.72. The first kappa shape index (κ1) is 9.83. The first-order valence-electron chi connectivity index (χ1n) is 3.67. The van der Waals surface area contributed by atoms with Crippen LogP contribution in [0, 0.1) is 0 Å². The van der Waals surface area contributed by atoms with Crippen LogP contribution in [0.2, 0.25) is 0 Å². The highest BCUT2D eigenvalue weighted by atomic mass is 32.2. The Morgan fingerprint density at radius 3 is 2.60 bits per heavy atom. The third-order valence-corrected chi connectivity index (χ3v) is 1.76. The highest BCUT2D eigenvalue weighted by Crippen LogP contribution is 2.04. The van der Waals surface area contributed by atoms with Crippen molar-refractivity contribution in [2.45, 2.75) is 27.2 Å². The van der Waals surface area contributed by atoms with Gasteiger partial charge in [0.25, 0.3) is 0 Å². The second-order valence-electron chi connectivity index (χ2n) is 2.39. The Balaban J connectivity index is 3.21. The molecule has 0 bridgehead atoms. The Hall–Kier alpha value is -0.170. The van der Waals surface area contributed by atoms with Gasteiger partial charge in [0.1, 0.15) is 0 Å². The zero-order chi connectivity index (χ0) is 7.82. The molecular formula is C9H16S. The van der Waals surface area contributed by atoms with Crippen LogP contribution >= 0.6 is 11.8 Å². The number of hydrogen-bond acceptors (Lipinski definition) is 1. The molecule has 0 fully saturated rings. The topological polar surface area (TPSA) is 0 Å². The molecule has 0 saturated heterocycles. The van der Waals surface area contributed by atoms with Gasteiger partial charge in [0.05, 0.1) is 0 Å². The average molecular weight is 156 g/mol. The van der Waals surface area contributed by atoms with Crippen LogP contribution in [0.1, 0.15) is 27.2 Å². The van der Waals surface area contributed by atoms with Gasteiger partial charge < -0.3 is 0 Å². The normalized spacial score (nSPS) is 10.3. The summed E-state index contributed by atoms with van der Waals surface area (Å²) >= 11 is 1.85. The molecule has 0 N–H and O–H groups in total. The third-order valence-electron chi connectivity index (χ3n) is 1.02. The van der Waals surface area contributed by atoms with Gasteiger partial charge in [0, 0.05) is 5.75 Å². The fourth-order valence-electron chi connectivity index (χ4n) is 0.435. The summed E-state index contributed by atoms with van der Waals surface area (Å²) < 4.78 is 0. The molecule has 0 rings (SSSR count). The molecule has 0 aliphatic carbocycles. The molecule has 0 spiro atoms. The van der Waals surface area contributed by atoms with E-state index in [0.29, 0.717) is 0 Å². The molecule has 0 radical (unpaired) electrons. The maximum absolute atomic E-state index is 2.24. The van der Waals surface area contributed by atoms with Crippen molar-refractivity contribution in [1.82, 2.24) is 0 Å². The average Bonchev–Trinajstić information content (AvgIpc) is 1.87. The third kappa shape index (κ3) is 7.83. The maximum Gasteiger partial charge on any atom is 0.0157 e. The van der Waals surface area contributed by atoms with Gasteiger partial charge in [-0.3, -0.25) is 0 Å². The van der Waals surface area contributed by atoms with E-state index < -0.39 is 0 Å². The Morgan fingerprint density at radius 2 is 2.10 bits per heavy atom. The van der Waals surface area contributed by atoms with Gasteiger partial charge in [-0.05, 0) is 25.7 Å². The lowest BCUT2D eigenvalue weighted by molar-refractivity contribution is 1.23. The van der Waals surface area contributed by atoms with E-state index in [1.165, 1.54) is 5.57 Å². The van der Waals surface area contributed by atoms with Crippen LogP contribution in [0.3, 0.4) is 0 Å². The van der Waals surface area contributed by atoms with E-state index in [4.69, 9.17) is 0 Å². The Bertz CT molecular complexity index is 119. The lowest BCUT2D eigenvalue weighted by Gasteiger charge is -1.88. The van der Waals surface area contributed by atoms with Crippen LogP contribution < -0.4 is 0 Å². The lowest BCUT2D eigenvalue weighted by atomic mass is 10.3. The zero-order valence-corrected chi connectivity index (χ0v) is 7.87. The number of rotatable bonds is 4. The number of thioether (sulfide) groups is 1. The highest BCUT2D eigenvalue weighted by molar-refractivity contribution is 8.02. The van der Waals surface area contributed by atoms with Gasteiger partial charge in [-0.2, -0.15) is 0 Å². The fourth-order valence-corrected chi connectivity index (χ4v) is 1.30. The van der Waals surface area contributed by atoms with Gasteiger partial charge >= 0.3 is 0 Å². The van der Waals surface area contributed by atoms with Crippen molar-refractivity contribution in [2.75, 3.05) is 5.75 Å². The summed E-state index contributed by atoms with van der Waals surface area (Å²) in [4.78, 5) is 0. The summed E-state index contributed by atoms with van der Waals surface area (Å²) in [5.74, 6) is 1.11. The molecular weight excluding hydrogens is 140 g/mol. The molecule has 0 unspecified atom stereocenters. The zero-order valence-electron chi connectivity index (χ0n) is 7.05. The number of allylic oxidation sites excluding steroid dienone is 2. The van der Waals surface area contributed by atoms with Crippen molar-refractivity contribution < 1.29 is 0 Å². The fraction of sp³-hybridized carbons (Fsp3) is 0.556. The molecule has 10 heavy (non-hydrogen) atoms. The SMILES string of the molecule is CCC=CSCC=C(C)C. The van der Waals surface area contributed by atoms with E-state index >= 15 is 0 Å². The van der Waals surface area contributed by atoms with Crippen molar-refractivity contribution in [3.05, 3.63) is 23.1 Å². The van der Waals surface area contributed by atoms with Crippen molar-refractivity contribution in [3.8, 4) is 0 Å². The minimum absolute atomic E-state index is 1.11. The largest absolute Gasteiger partial charge is 0.130 e. The molecule has 0 aliphatic rings. The molecule has 0 aromatic heterocycles. The maximum atomic E-state index is 2.24. The van der Waals surface area contributed by atoms with Crippen LogP contribution in [-0.2, 0) is 0 Å². The van der Waals surface area contributed by atoms with E-state index in [0.717, 1.165) is 12.2 Å². The Kier molecular flexibility index (Phi) is 6.83. The van der Waals surface area contributed by atoms with Crippen LogP contribution in [0.15, 0.2) is 23.1 Å². The van der Waals surface area contributed by atoms with E-state index in [2.05, 4.69) is 38.3 Å². The standard InChI is InChI=1S/C9H16S/c1-4-5-7-10-8-6-9(2)3/h5-7H,4,8H2,1-3H3. The summed E-state index contributed by atoms with van der Waals surface area (Å²) in [6.45, 7) is 6.41. The van der Waals surface area contributed by atoms with Gasteiger partial charge in [-0.15, -0.1) is 11.8 Å². The summed E-state index contributed by atoms with van der Waals surface area (Å²) in [6.07, 6.45) is 5.57. The minimum atomic E-state index is 1.11. The molecule has 0 saturated carbocycles. The van der Waals surface area contributed by atoms with E-state index in [1.54, 1.807) is 0 Å². The van der Waals surface area contributed by atoms with Crippen LogP contribution in [0.5, 0.6) is 0 Å². The van der Waals surface area contributed by atoms with Crippen LogP contribution in [-0.4, -0.2) is 5.75 Å². The molecule has 0 atom stereocenters. The van der Waals surface area contributed by atoms with Gasteiger partial charge in [0.15, 0.2) is 0 Å². The minimum Gasteiger partial charge on any atom is -0.130 e. The summed E-state index contributed by atoms with van der Waals surface area (Å²) in [7, 11) is 0. The molecule has 0 aromatic rings. The molecule has 0 heterocycles. The first-order chi connectivity index (χ1) is 4.77. The summed E-state index contributed by atoms with van der Waals surface area (Å²) in [5, 5.41) is 2.17. The van der Waals surface area contributed by atoms with Crippen LogP contribution in [0.4, 0.5) is 0 Å². The molecule has 0 nitrogen and oxygen atoms in total. The van der Waals surface area contributed by atoms with Crippen molar-refractivity contribution >= 4 is 11.8 Å². The van der Waals surface area contributed by atoms with E-state index in [9.17, 15) is 0 Å². The van der Waals surface area contributed by atoms with Crippen LogP contribution in [0.25, 0.3) is 0 Å².